The van der Waals surface area contributed by atoms with Crippen LogP contribution < -0.4 is 0 Å². The Labute approximate surface area is 143 Å². The number of amides is 1. The van der Waals surface area contributed by atoms with Crippen LogP contribution in [0.25, 0.3) is 0 Å². The SMILES string of the molecule is CCc1nc([C@@H]2CN(C(=O)[C@H](C)N3CCCCCC3)CCO2)n[nH]1. The Morgan fingerprint density at radius 1 is 1.29 bits per heavy atom. The predicted octanol–water partition coefficient (Wildman–Crippen LogP) is 1.53. The summed E-state index contributed by atoms with van der Waals surface area (Å²) >= 11 is 0. The van der Waals surface area contributed by atoms with Gasteiger partial charge >= 0.3 is 0 Å². The second-order valence-electron chi connectivity index (χ2n) is 6.76. The third-order valence-electron chi connectivity index (χ3n) is 5.10. The number of aromatic nitrogens is 3. The van der Waals surface area contributed by atoms with Crippen molar-refractivity contribution in [3.63, 3.8) is 0 Å². The molecule has 0 bridgehead atoms. The first-order valence-electron chi connectivity index (χ1n) is 9.24. The topological polar surface area (TPSA) is 74.3 Å². The monoisotopic (exact) mass is 335 g/mol. The number of hydrogen-bond acceptors (Lipinski definition) is 5. The van der Waals surface area contributed by atoms with Gasteiger partial charge in [-0.05, 0) is 32.9 Å². The van der Waals surface area contributed by atoms with E-state index in [1.54, 1.807) is 0 Å². The lowest BCUT2D eigenvalue weighted by Gasteiger charge is -2.36. The summed E-state index contributed by atoms with van der Waals surface area (Å²) in [5.74, 6) is 1.72. The highest BCUT2D eigenvalue weighted by molar-refractivity contribution is 5.81. The Balaban J connectivity index is 1.61. The molecule has 7 nitrogen and oxygen atoms in total. The summed E-state index contributed by atoms with van der Waals surface area (Å²) in [4.78, 5) is 21.6. The van der Waals surface area contributed by atoms with E-state index in [2.05, 4.69) is 20.1 Å². The highest BCUT2D eigenvalue weighted by atomic mass is 16.5. The van der Waals surface area contributed by atoms with Crippen molar-refractivity contribution >= 4 is 5.91 Å². The smallest absolute Gasteiger partial charge is 0.239 e. The molecule has 0 aliphatic carbocycles. The molecule has 2 atom stereocenters. The van der Waals surface area contributed by atoms with Gasteiger partial charge in [0.25, 0.3) is 0 Å². The molecule has 3 heterocycles. The number of hydrogen-bond donors (Lipinski definition) is 1. The van der Waals surface area contributed by atoms with Crippen molar-refractivity contribution in [2.75, 3.05) is 32.8 Å². The van der Waals surface area contributed by atoms with Crippen LogP contribution in [-0.2, 0) is 16.0 Å². The summed E-state index contributed by atoms with van der Waals surface area (Å²) in [7, 11) is 0. The standard InChI is InChI=1S/C17H29N5O2/c1-3-15-18-16(20-19-15)14-12-22(10-11-24-14)17(23)13(2)21-8-6-4-5-7-9-21/h13-14H,3-12H2,1-2H3,(H,18,19,20)/t13-,14-/m0/s1. The number of aromatic amines is 1. The lowest BCUT2D eigenvalue weighted by atomic mass is 10.2. The molecule has 0 aromatic carbocycles. The van der Waals surface area contributed by atoms with Crippen LogP contribution in [0.1, 0.15) is 57.3 Å². The molecule has 2 aliphatic heterocycles. The number of H-pyrrole nitrogens is 1. The number of aryl methyl sites for hydroxylation is 1. The molecule has 0 unspecified atom stereocenters. The fraction of sp³-hybridized carbons (Fsp3) is 0.824. The average Bonchev–Trinajstić information content (AvgIpc) is 2.95. The van der Waals surface area contributed by atoms with Gasteiger partial charge in [-0.25, -0.2) is 4.98 Å². The highest BCUT2D eigenvalue weighted by Crippen LogP contribution is 2.21. The van der Waals surface area contributed by atoms with Crippen LogP contribution in [0.2, 0.25) is 0 Å². The van der Waals surface area contributed by atoms with Crippen molar-refractivity contribution in [1.29, 1.82) is 0 Å². The maximum Gasteiger partial charge on any atom is 0.239 e. The van der Waals surface area contributed by atoms with E-state index in [1.165, 1.54) is 25.7 Å². The van der Waals surface area contributed by atoms with Gasteiger partial charge in [0.2, 0.25) is 5.91 Å². The number of ether oxygens (including phenoxy) is 1. The first-order chi connectivity index (χ1) is 11.7. The summed E-state index contributed by atoms with van der Waals surface area (Å²) in [5.41, 5.74) is 0. The second-order valence-corrected chi connectivity index (χ2v) is 6.76. The number of nitrogens with zero attached hydrogens (tertiary/aromatic N) is 4. The van der Waals surface area contributed by atoms with Crippen LogP contribution >= 0.6 is 0 Å². The maximum atomic E-state index is 12.9. The lowest BCUT2D eigenvalue weighted by molar-refractivity contribution is -0.144. The zero-order valence-corrected chi connectivity index (χ0v) is 14.8. The minimum Gasteiger partial charge on any atom is -0.366 e. The summed E-state index contributed by atoms with van der Waals surface area (Å²) in [6.07, 6.45) is 5.54. The van der Waals surface area contributed by atoms with Gasteiger partial charge in [-0.15, -0.1) is 0 Å². The van der Waals surface area contributed by atoms with E-state index in [0.717, 1.165) is 25.3 Å². The molecule has 0 saturated carbocycles. The van der Waals surface area contributed by atoms with Crippen molar-refractivity contribution in [3.05, 3.63) is 11.6 Å². The molecule has 0 spiro atoms. The molecule has 2 fully saturated rings. The summed E-state index contributed by atoms with van der Waals surface area (Å²) in [6, 6.07) is -0.0554. The maximum absolute atomic E-state index is 12.9. The van der Waals surface area contributed by atoms with Crippen LogP contribution in [0.3, 0.4) is 0 Å². The Hall–Kier alpha value is -1.47. The first-order valence-corrected chi connectivity index (χ1v) is 9.24. The first kappa shape index (κ1) is 17.4. The van der Waals surface area contributed by atoms with E-state index >= 15 is 0 Å². The molecule has 2 aliphatic rings. The minimum absolute atomic E-state index is 0.0554. The van der Waals surface area contributed by atoms with E-state index < -0.39 is 0 Å². The van der Waals surface area contributed by atoms with Gasteiger partial charge in [-0.1, -0.05) is 19.8 Å². The number of carbonyl (C=O) groups is 1. The normalized spacial score (nSPS) is 24.6. The van der Waals surface area contributed by atoms with E-state index in [1.807, 2.05) is 18.7 Å². The van der Waals surface area contributed by atoms with Gasteiger partial charge in [0.1, 0.15) is 11.9 Å². The van der Waals surface area contributed by atoms with E-state index in [4.69, 9.17) is 4.74 Å². The van der Waals surface area contributed by atoms with Gasteiger partial charge in [0.15, 0.2) is 5.82 Å². The van der Waals surface area contributed by atoms with Gasteiger partial charge in [0.05, 0.1) is 19.2 Å². The third-order valence-corrected chi connectivity index (χ3v) is 5.10. The Morgan fingerprint density at radius 2 is 2.04 bits per heavy atom. The fourth-order valence-corrected chi connectivity index (χ4v) is 3.52. The van der Waals surface area contributed by atoms with Crippen molar-refractivity contribution in [1.82, 2.24) is 25.0 Å². The zero-order valence-electron chi connectivity index (χ0n) is 14.8. The minimum atomic E-state index is -0.226. The molecule has 3 rings (SSSR count). The summed E-state index contributed by atoms with van der Waals surface area (Å²) < 4.78 is 5.79. The number of carbonyl (C=O) groups excluding carboxylic acids is 1. The van der Waals surface area contributed by atoms with Crippen LogP contribution in [0, 0.1) is 0 Å². The summed E-state index contributed by atoms with van der Waals surface area (Å²) in [6.45, 7) is 7.86. The molecular weight excluding hydrogens is 306 g/mol. The Bertz CT molecular complexity index is 539. The largest absolute Gasteiger partial charge is 0.366 e. The number of morpholine rings is 1. The van der Waals surface area contributed by atoms with Crippen LogP contribution in [0.4, 0.5) is 0 Å². The van der Waals surface area contributed by atoms with Gasteiger partial charge in [0, 0.05) is 13.0 Å². The van der Waals surface area contributed by atoms with Gasteiger partial charge < -0.3 is 9.64 Å². The molecule has 134 valence electrons. The zero-order chi connectivity index (χ0) is 16.9. The highest BCUT2D eigenvalue weighted by Gasteiger charge is 2.32. The number of rotatable bonds is 4. The molecule has 1 aromatic heterocycles. The quantitative estimate of drug-likeness (QED) is 0.903. The third kappa shape index (κ3) is 3.95. The number of nitrogens with one attached hydrogen (secondary N) is 1. The number of likely N-dealkylation sites (tertiary alicyclic amines) is 1. The second kappa shape index (κ2) is 8.07. The van der Waals surface area contributed by atoms with E-state index in [0.29, 0.717) is 25.5 Å². The van der Waals surface area contributed by atoms with Gasteiger partial charge in [-0.3, -0.25) is 14.8 Å². The van der Waals surface area contributed by atoms with E-state index in [9.17, 15) is 4.79 Å². The van der Waals surface area contributed by atoms with Crippen molar-refractivity contribution in [2.24, 2.45) is 0 Å². The fourth-order valence-electron chi connectivity index (χ4n) is 3.52. The Kier molecular flexibility index (Phi) is 5.84. The molecule has 7 heteroatoms. The molecule has 24 heavy (non-hydrogen) atoms. The van der Waals surface area contributed by atoms with Gasteiger partial charge in [-0.2, -0.15) is 5.10 Å². The molecule has 1 aromatic rings. The van der Waals surface area contributed by atoms with E-state index in [-0.39, 0.29) is 18.1 Å². The van der Waals surface area contributed by atoms with Crippen molar-refractivity contribution in [3.8, 4) is 0 Å². The lowest BCUT2D eigenvalue weighted by Crippen LogP contribution is -2.51. The molecule has 2 saturated heterocycles. The van der Waals surface area contributed by atoms with Crippen LogP contribution in [-0.4, -0.2) is 69.7 Å². The molecular formula is C17H29N5O2. The molecule has 1 amide bonds. The van der Waals surface area contributed by atoms with Crippen molar-refractivity contribution in [2.45, 2.75) is 58.1 Å². The predicted molar refractivity (Wildman–Crippen MR) is 90.5 cm³/mol. The Morgan fingerprint density at radius 3 is 2.71 bits per heavy atom. The molecule has 0 radical (unpaired) electrons. The van der Waals surface area contributed by atoms with Crippen LogP contribution in [0.5, 0.6) is 0 Å². The van der Waals surface area contributed by atoms with Crippen LogP contribution in [0.15, 0.2) is 0 Å². The van der Waals surface area contributed by atoms with Crippen molar-refractivity contribution < 1.29 is 9.53 Å². The summed E-state index contributed by atoms with van der Waals surface area (Å²) in [5, 5.41) is 7.17. The molecule has 1 N–H and O–H groups in total. The average molecular weight is 335 g/mol.